The Hall–Kier alpha value is -1.56. The number of nitrogens with one attached hydrogen (secondary N) is 3. The standard InChI is InChI=1S/C15H17ClN4O.ClH/c16-11-4-1-3-10(7-11)14-13(9-18-20-14)15(21)19-12-5-2-6-17-8-12;/h1,3-4,7,9,12,17H,2,5-6,8H2,(H,18,20)(H,19,21);1H. The van der Waals surface area contributed by atoms with Gasteiger partial charge < -0.3 is 10.6 Å². The minimum atomic E-state index is -0.104. The molecule has 0 saturated carbocycles. The molecule has 1 aliphatic heterocycles. The number of rotatable bonds is 3. The third-order valence-corrected chi connectivity index (χ3v) is 3.86. The summed E-state index contributed by atoms with van der Waals surface area (Å²) in [6.45, 7) is 1.84. The molecule has 1 atom stereocenters. The number of aromatic nitrogens is 2. The van der Waals surface area contributed by atoms with Crippen LogP contribution >= 0.6 is 24.0 Å². The molecule has 7 heteroatoms. The van der Waals surface area contributed by atoms with Crippen molar-refractivity contribution in [3.63, 3.8) is 0 Å². The first-order valence-corrected chi connectivity index (χ1v) is 7.43. The van der Waals surface area contributed by atoms with E-state index in [-0.39, 0.29) is 24.4 Å². The lowest BCUT2D eigenvalue weighted by Gasteiger charge is -2.23. The number of piperidine rings is 1. The van der Waals surface area contributed by atoms with E-state index in [4.69, 9.17) is 11.6 Å². The number of amides is 1. The molecule has 0 radical (unpaired) electrons. The Balaban J connectivity index is 0.00000176. The number of nitrogens with zero attached hydrogens (tertiary/aromatic N) is 1. The van der Waals surface area contributed by atoms with E-state index >= 15 is 0 Å². The first-order chi connectivity index (χ1) is 10.2. The van der Waals surface area contributed by atoms with Crippen molar-refractivity contribution in [1.29, 1.82) is 0 Å². The summed E-state index contributed by atoms with van der Waals surface area (Å²) in [5, 5.41) is 13.8. The normalized spacial score (nSPS) is 17.6. The van der Waals surface area contributed by atoms with Gasteiger partial charge in [-0.1, -0.05) is 23.7 Å². The summed E-state index contributed by atoms with van der Waals surface area (Å²) in [5.74, 6) is -0.104. The number of aromatic amines is 1. The second-order valence-corrected chi connectivity index (χ2v) is 5.62. The van der Waals surface area contributed by atoms with E-state index in [1.54, 1.807) is 12.3 Å². The summed E-state index contributed by atoms with van der Waals surface area (Å²) in [5.41, 5.74) is 2.09. The maximum Gasteiger partial charge on any atom is 0.255 e. The fourth-order valence-electron chi connectivity index (χ4n) is 2.56. The molecule has 22 heavy (non-hydrogen) atoms. The maximum atomic E-state index is 12.4. The lowest BCUT2D eigenvalue weighted by Crippen LogP contribution is -2.45. The van der Waals surface area contributed by atoms with Crippen LogP contribution in [0.5, 0.6) is 0 Å². The number of hydrogen-bond acceptors (Lipinski definition) is 3. The summed E-state index contributed by atoms with van der Waals surface area (Å²) in [7, 11) is 0. The van der Waals surface area contributed by atoms with Crippen LogP contribution in [0, 0.1) is 0 Å². The summed E-state index contributed by atoms with van der Waals surface area (Å²) < 4.78 is 0. The highest BCUT2D eigenvalue weighted by Gasteiger charge is 2.20. The van der Waals surface area contributed by atoms with Gasteiger partial charge in [-0.3, -0.25) is 9.89 Å². The summed E-state index contributed by atoms with van der Waals surface area (Å²) in [6, 6.07) is 7.54. The molecule has 2 heterocycles. The van der Waals surface area contributed by atoms with Gasteiger partial charge in [0.2, 0.25) is 0 Å². The van der Waals surface area contributed by atoms with Gasteiger partial charge in [0.1, 0.15) is 0 Å². The number of benzene rings is 1. The number of carbonyl (C=O) groups excluding carboxylic acids is 1. The highest BCUT2D eigenvalue weighted by Crippen LogP contribution is 2.24. The first-order valence-electron chi connectivity index (χ1n) is 7.05. The molecule has 2 aromatic rings. The van der Waals surface area contributed by atoms with Crippen LogP contribution in [-0.2, 0) is 0 Å². The molecule has 1 amide bonds. The second kappa shape index (κ2) is 7.63. The van der Waals surface area contributed by atoms with E-state index in [1.165, 1.54) is 0 Å². The average molecular weight is 341 g/mol. The molecule has 0 bridgehead atoms. The van der Waals surface area contributed by atoms with Crippen molar-refractivity contribution in [1.82, 2.24) is 20.8 Å². The predicted octanol–water partition coefficient (Wildman–Crippen LogP) is 2.63. The van der Waals surface area contributed by atoms with Crippen molar-refractivity contribution in [3.8, 4) is 11.3 Å². The molecule has 3 rings (SSSR count). The number of hydrogen-bond donors (Lipinski definition) is 3. The maximum absolute atomic E-state index is 12.4. The minimum Gasteiger partial charge on any atom is -0.348 e. The molecule has 3 N–H and O–H groups in total. The summed E-state index contributed by atoms with van der Waals surface area (Å²) >= 11 is 6.01. The Morgan fingerprint density at radius 3 is 3.00 bits per heavy atom. The zero-order valence-corrected chi connectivity index (χ0v) is 13.5. The second-order valence-electron chi connectivity index (χ2n) is 5.19. The van der Waals surface area contributed by atoms with Gasteiger partial charge in [0.25, 0.3) is 5.91 Å². The average Bonchev–Trinajstić information content (AvgIpc) is 2.98. The van der Waals surface area contributed by atoms with E-state index in [0.29, 0.717) is 16.3 Å². The Labute approximate surface area is 140 Å². The van der Waals surface area contributed by atoms with Crippen LogP contribution in [0.25, 0.3) is 11.3 Å². The van der Waals surface area contributed by atoms with Crippen LogP contribution < -0.4 is 10.6 Å². The van der Waals surface area contributed by atoms with Crippen LogP contribution in [-0.4, -0.2) is 35.2 Å². The van der Waals surface area contributed by atoms with Crippen LogP contribution in [0.4, 0.5) is 0 Å². The van der Waals surface area contributed by atoms with Gasteiger partial charge in [0, 0.05) is 23.2 Å². The summed E-state index contributed by atoms with van der Waals surface area (Å²) in [6.07, 6.45) is 3.64. The molecule has 118 valence electrons. The van der Waals surface area contributed by atoms with Crippen LogP contribution in [0.2, 0.25) is 5.02 Å². The van der Waals surface area contributed by atoms with E-state index in [9.17, 15) is 4.79 Å². The molecule has 5 nitrogen and oxygen atoms in total. The number of H-pyrrole nitrogens is 1. The van der Waals surface area contributed by atoms with Crippen LogP contribution in [0.1, 0.15) is 23.2 Å². The lowest BCUT2D eigenvalue weighted by atomic mass is 10.1. The Morgan fingerprint density at radius 1 is 1.41 bits per heavy atom. The molecule has 1 unspecified atom stereocenters. The molecule has 0 spiro atoms. The molecular weight excluding hydrogens is 323 g/mol. The zero-order chi connectivity index (χ0) is 14.7. The van der Waals surface area contributed by atoms with Crippen LogP contribution in [0.15, 0.2) is 30.5 Å². The smallest absolute Gasteiger partial charge is 0.255 e. The fourth-order valence-corrected chi connectivity index (χ4v) is 2.75. The zero-order valence-electron chi connectivity index (χ0n) is 11.9. The van der Waals surface area contributed by atoms with Crippen LogP contribution in [0.3, 0.4) is 0 Å². The molecule has 1 aromatic heterocycles. The van der Waals surface area contributed by atoms with E-state index in [0.717, 1.165) is 31.5 Å². The fraction of sp³-hybridized carbons (Fsp3) is 0.333. The van der Waals surface area contributed by atoms with Gasteiger partial charge >= 0.3 is 0 Å². The van der Waals surface area contributed by atoms with E-state index in [2.05, 4.69) is 20.8 Å². The molecule has 1 saturated heterocycles. The van der Waals surface area contributed by atoms with Crippen molar-refractivity contribution < 1.29 is 4.79 Å². The molecule has 1 aliphatic rings. The van der Waals surface area contributed by atoms with Crippen molar-refractivity contribution in [2.45, 2.75) is 18.9 Å². The van der Waals surface area contributed by atoms with Crippen molar-refractivity contribution in [2.75, 3.05) is 13.1 Å². The van der Waals surface area contributed by atoms with Crippen molar-refractivity contribution >= 4 is 29.9 Å². The van der Waals surface area contributed by atoms with E-state index in [1.807, 2.05) is 18.2 Å². The molecule has 0 aliphatic carbocycles. The van der Waals surface area contributed by atoms with Crippen molar-refractivity contribution in [2.24, 2.45) is 0 Å². The minimum absolute atomic E-state index is 0. The van der Waals surface area contributed by atoms with Gasteiger partial charge in [-0.25, -0.2) is 0 Å². The SMILES string of the molecule is Cl.O=C(NC1CCCNC1)c1cn[nH]c1-c1cccc(Cl)c1. The van der Waals surface area contributed by atoms with Gasteiger partial charge in [-0.15, -0.1) is 12.4 Å². The lowest BCUT2D eigenvalue weighted by molar-refractivity contribution is 0.0931. The first kappa shape index (κ1) is 16.8. The number of carbonyl (C=O) groups is 1. The Bertz CT molecular complexity index is 638. The highest BCUT2D eigenvalue weighted by atomic mass is 35.5. The van der Waals surface area contributed by atoms with Crippen molar-refractivity contribution in [3.05, 3.63) is 41.0 Å². The number of halogens is 2. The largest absolute Gasteiger partial charge is 0.348 e. The van der Waals surface area contributed by atoms with E-state index < -0.39 is 0 Å². The molecule has 1 aromatic carbocycles. The van der Waals surface area contributed by atoms with Gasteiger partial charge in [0.15, 0.2) is 0 Å². The Morgan fingerprint density at radius 2 is 2.27 bits per heavy atom. The third-order valence-electron chi connectivity index (χ3n) is 3.63. The van der Waals surface area contributed by atoms with Gasteiger partial charge in [-0.2, -0.15) is 5.10 Å². The quantitative estimate of drug-likeness (QED) is 0.804. The monoisotopic (exact) mass is 340 g/mol. The highest BCUT2D eigenvalue weighted by molar-refractivity contribution is 6.30. The molecular formula is C15H18Cl2N4O. The third kappa shape index (κ3) is 3.80. The van der Waals surface area contributed by atoms with Gasteiger partial charge in [0.05, 0.1) is 17.5 Å². The topological polar surface area (TPSA) is 69.8 Å². The Kier molecular flexibility index (Phi) is 5.83. The molecule has 1 fully saturated rings. The van der Waals surface area contributed by atoms with Gasteiger partial charge in [-0.05, 0) is 31.5 Å². The summed E-state index contributed by atoms with van der Waals surface area (Å²) in [4.78, 5) is 12.4. The predicted molar refractivity (Wildman–Crippen MR) is 89.6 cm³/mol.